The summed E-state index contributed by atoms with van der Waals surface area (Å²) < 4.78 is 23.0. The quantitative estimate of drug-likeness (QED) is 0.300. The van der Waals surface area contributed by atoms with Gasteiger partial charge < -0.3 is 44.5 Å². The Bertz CT molecular complexity index is 969. The van der Waals surface area contributed by atoms with Gasteiger partial charge in [0.25, 0.3) is 0 Å². The number of esters is 2. The van der Waals surface area contributed by atoms with Gasteiger partial charge in [0, 0.05) is 12.3 Å². The molecule has 0 aromatic heterocycles. The van der Waals surface area contributed by atoms with Crippen molar-refractivity contribution in [2.24, 2.45) is 11.3 Å². The van der Waals surface area contributed by atoms with Gasteiger partial charge in [-0.1, -0.05) is 18.2 Å². The fourth-order valence-electron chi connectivity index (χ4n) is 6.33. The molecule has 2 aliphatic carbocycles. The summed E-state index contributed by atoms with van der Waals surface area (Å²) in [5.74, 6) is -2.01. The molecule has 4 fully saturated rings. The largest absolute Gasteiger partial charge is 0.461 e. The van der Waals surface area contributed by atoms with E-state index in [1.54, 1.807) is 37.3 Å². The first kappa shape index (κ1) is 23.6. The molecule has 5 rings (SSSR count). The van der Waals surface area contributed by atoms with Gasteiger partial charge in [-0.2, -0.15) is 0 Å². The molecule has 186 valence electrons. The minimum absolute atomic E-state index is 0.0716. The molecule has 4 aliphatic rings. The van der Waals surface area contributed by atoms with Crippen LogP contribution in [0.2, 0.25) is 0 Å². The van der Waals surface area contributed by atoms with Crippen LogP contribution in [0.3, 0.4) is 0 Å². The predicted molar refractivity (Wildman–Crippen MR) is 110 cm³/mol. The summed E-state index contributed by atoms with van der Waals surface area (Å²) in [5.41, 5.74) is -4.09. The van der Waals surface area contributed by atoms with Gasteiger partial charge in [0.2, 0.25) is 0 Å². The van der Waals surface area contributed by atoms with Crippen LogP contribution in [0, 0.1) is 11.3 Å². The molecule has 34 heavy (non-hydrogen) atoms. The number of ether oxygens (including phenoxy) is 4. The molecule has 2 heterocycles. The summed E-state index contributed by atoms with van der Waals surface area (Å²) in [7, 11) is 0. The van der Waals surface area contributed by atoms with Crippen molar-refractivity contribution in [3.05, 3.63) is 35.9 Å². The van der Waals surface area contributed by atoms with Crippen LogP contribution >= 0.6 is 0 Å². The zero-order valence-corrected chi connectivity index (χ0v) is 18.4. The highest BCUT2D eigenvalue weighted by Gasteiger charge is 2.88. The predicted octanol–water partition coefficient (Wildman–Crippen LogP) is -1.51. The highest BCUT2D eigenvalue weighted by molar-refractivity contribution is 5.90. The third-order valence-electron chi connectivity index (χ3n) is 8.07. The lowest BCUT2D eigenvalue weighted by Crippen LogP contribution is -2.64. The van der Waals surface area contributed by atoms with E-state index >= 15 is 0 Å². The molecule has 1 aromatic rings. The van der Waals surface area contributed by atoms with Gasteiger partial charge in [-0.3, -0.25) is 4.79 Å². The van der Waals surface area contributed by atoms with Gasteiger partial charge in [0.1, 0.15) is 47.6 Å². The molecular weight excluding hydrogens is 452 g/mol. The van der Waals surface area contributed by atoms with E-state index in [9.17, 15) is 35.1 Å². The van der Waals surface area contributed by atoms with E-state index in [1.807, 2.05) is 0 Å². The zero-order valence-electron chi connectivity index (χ0n) is 18.4. The number of rotatable bonds is 6. The Kier molecular flexibility index (Phi) is 5.52. The smallest absolute Gasteiger partial charge is 0.338 e. The first-order valence-electron chi connectivity index (χ1n) is 11.2. The van der Waals surface area contributed by atoms with E-state index in [4.69, 9.17) is 18.9 Å². The SMILES string of the molecule is C[C@]12C[C@H]3C(O)C[C@]1(O[C@@H]1O[C@H](CO)[C@@H](O)[C@H](O)[C@H]1O)[C@]3(COC(=O)c1ccccc1)C(=O)O2. The van der Waals surface area contributed by atoms with Crippen LogP contribution in [0.15, 0.2) is 30.3 Å². The third kappa shape index (κ3) is 2.95. The maximum atomic E-state index is 13.2. The maximum Gasteiger partial charge on any atom is 0.338 e. The van der Waals surface area contributed by atoms with Crippen LogP contribution < -0.4 is 0 Å². The van der Waals surface area contributed by atoms with Crippen molar-refractivity contribution in [2.75, 3.05) is 13.2 Å². The Labute approximate surface area is 194 Å². The lowest BCUT2D eigenvalue weighted by Gasteiger charge is -2.47. The van der Waals surface area contributed by atoms with Gasteiger partial charge in [0.05, 0.1) is 18.3 Å². The molecule has 11 heteroatoms. The second kappa shape index (κ2) is 7.95. The Morgan fingerprint density at radius 3 is 2.47 bits per heavy atom. The number of aliphatic hydroxyl groups excluding tert-OH is 5. The molecule has 1 aromatic carbocycles. The van der Waals surface area contributed by atoms with Crippen LogP contribution in [-0.2, 0) is 23.7 Å². The fourth-order valence-corrected chi connectivity index (χ4v) is 6.33. The molecule has 10 atom stereocenters. The van der Waals surface area contributed by atoms with E-state index < -0.39 is 84.5 Å². The van der Waals surface area contributed by atoms with Crippen LogP contribution in [0.4, 0.5) is 0 Å². The van der Waals surface area contributed by atoms with Crippen molar-refractivity contribution in [1.82, 2.24) is 0 Å². The average molecular weight is 480 g/mol. The van der Waals surface area contributed by atoms with Crippen LogP contribution in [0.25, 0.3) is 0 Å². The fraction of sp³-hybridized carbons (Fsp3) is 0.652. The monoisotopic (exact) mass is 480 g/mol. The summed E-state index contributed by atoms with van der Waals surface area (Å²) in [6.45, 7) is 0.547. The first-order valence-corrected chi connectivity index (χ1v) is 11.2. The zero-order chi connectivity index (χ0) is 24.5. The molecule has 2 saturated heterocycles. The summed E-state index contributed by atoms with van der Waals surface area (Å²) in [6, 6.07) is 8.21. The molecule has 2 aliphatic heterocycles. The number of benzene rings is 1. The van der Waals surface area contributed by atoms with E-state index in [0.29, 0.717) is 0 Å². The minimum Gasteiger partial charge on any atom is -0.461 e. The van der Waals surface area contributed by atoms with E-state index in [0.717, 1.165) is 0 Å². The summed E-state index contributed by atoms with van der Waals surface area (Å²) in [6.07, 6.45) is -8.61. The van der Waals surface area contributed by atoms with Crippen molar-refractivity contribution >= 4 is 11.9 Å². The van der Waals surface area contributed by atoms with Crippen molar-refractivity contribution in [2.45, 2.75) is 67.8 Å². The van der Waals surface area contributed by atoms with E-state index in [2.05, 4.69) is 0 Å². The van der Waals surface area contributed by atoms with Crippen LogP contribution in [0.1, 0.15) is 30.1 Å². The number of hydrogen-bond donors (Lipinski definition) is 5. The molecule has 5 N–H and O–H groups in total. The summed E-state index contributed by atoms with van der Waals surface area (Å²) in [5, 5.41) is 51.2. The molecular formula is C23H28O11. The van der Waals surface area contributed by atoms with Gasteiger partial charge in [-0.15, -0.1) is 0 Å². The lowest BCUT2D eigenvalue weighted by atomic mass is 9.74. The summed E-state index contributed by atoms with van der Waals surface area (Å²) in [4.78, 5) is 25.9. The second-order valence-corrected chi connectivity index (χ2v) is 9.76. The van der Waals surface area contributed by atoms with E-state index in [-0.39, 0.29) is 18.4 Å². The lowest BCUT2D eigenvalue weighted by molar-refractivity contribution is -0.344. The van der Waals surface area contributed by atoms with Gasteiger partial charge in [-0.25, -0.2) is 4.79 Å². The molecule has 0 spiro atoms. The molecule has 2 saturated carbocycles. The third-order valence-corrected chi connectivity index (χ3v) is 8.07. The standard InChI is InChI=1S/C23H28O11/c1-21-7-12-13(25)8-23(21,33-19-17(28)16(27)15(26)14(9-24)32-19)22(12,20(30)34-21)10-31-18(29)11-5-3-2-4-6-11/h2-6,12-17,19,24-28H,7-10H2,1H3/t12-,13?,14+,15+,16-,17+,19-,21-,22-,23+/m0/s1. The molecule has 0 amide bonds. The molecule has 1 unspecified atom stereocenters. The maximum absolute atomic E-state index is 13.2. The highest BCUT2D eigenvalue weighted by Crippen LogP contribution is 2.72. The van der Waals surface area contributed by atoms with Gasteiger partial charge in [0.15, 0.2) is 6.29 Å². The second-order valence-electron chi connectivity index (χ2n) is 9.76. The number of carbonyl (C=O) groups excluding carboxylic acids is 2. The molecule has 11 nitrogen and oxygen atoms in total. The first-order chi connectivity index (χ1) is 16.1. The van der Waals surface area contributed by atoms with Gasteiger partial charge in [-0.05, 0) is 25.5 Å². The number of hydrogen-bond acceptors (Lipinski definition) is 11. The average Bonchev–Trinajstić information content (AvgIpc) is 3.26. The van der Waals surface area contributed by atoms with Crippen molar-refractivity contribution in [3.63, 3.8) is 0 Å². The van der Waals surface area contributed by atoms with Gasteiger partial charge >= 0.3 is 11.9 Å². The highest BCUT2D eigenvalue weighted by atomic mass is 16.7. The molecule has 0 radical (unpaired) electrons. The van der Waals surface area contributed by atoms with Crippen LogP contribution in [-0.4, -0.2) is 98.7 Å². The molecule has 4 bridgehead atoms. The summed E-state index contributed by atoms with van der Waals surface area (Å²) >= 11 is 0. The Balaban J connectivity index is 1.48. The Hall–Kier alpha value is -2.12. The Morgan fingerprint density at radius 2 is 1.79 bits per heavy atom. The number of aliphatic hydroxyl groups is 5. The Morgan fingerprint density at radius 1 is 1.09 bits per heavy atom. The van der Waals surface area contributed by atoms with E-state index in [1.165, 1.54) is 0 Å². The van der Waals surface area contributed by atoms with Crippen molar-refractivity contribution < 1.29 is 54.1 Å². The normalized spacial score (nSPS) is 47.0. The van der Waals surface area contributed by atoms with Crippen molar-refractivity contribution in [1.29, 1.82) is 0 Å². The topological polar surface area (TPSA) is 172 Å². The van der Waals surface area contributed by atoms with Crippen LogP contribution in [0.5, 0.6) is 0 Å². The minimum atomic E-state index is -1.72. The van der Waals surface area contributed by atoms with Crippen molar-refractivity contribution in [3.8, 4) is 0 Å². The number of carbonyl (C=O) groups is 2.